The average molecular weight is 289 g/mol. The van der Waals surface area contributed by atoms with Crippen molar-refractivity contribution in [3.63, 3.8) is 0 Å². The summed E-state index contributed by atoms with van der Waals surface area (Å²) in [6.07, 6.45) is -2.68. The van der Waals surface area contributed by atoms with Gasteiger partial charge < -0.3 is 5.32 Å². The van der Waals surface area contributed by atoms with Crippen molar-refractivity contribution in [2.45, 2.75) is 36.7 Å². The number of hydrogen-bond acceptors (Lipinski definition) is 2. The van der Waals surface area contributed by atoms with E-state index >= 15 is 0 Å². The number of benzene rings is 1. The minimum absolute atomic E-state index is 0.458. The van der Waals surface area contributed by atoms with Crippen LogP contribution in [-0.4, -0.2) is 23.7 Å². The van der Waals surface area contributed by atoms with Crippen molar-refractivity contribution in [1.29, 1.82) is 0 Å². The van der Waals surface area contributed by atoms with Gasteiger partial charge in [0.1, 0.15) is 0 Å². The molecule has 0 spiro atoms. The SMILES string of the molecule is FC(F)(F)CC(NCC1CCCS1)c1ccccc1. The second-order valence-electron chi connectivity index (χ2n) is 4.83. The topological polar surface area (TPSA) is 12.0 Å². The molecule has 1 fully saturated rings. The quantitative estimate of drug-likeness (QED) is 0.873. The molecule has 0 radical (unpaired) electrons. The first-order valence-corrected chi connectivity index (χ1v) is 7.56. The van der Waals surface area contributed by atoms with E-state index in [1.165, 1.54) is 6.42 Å². The monoisotopic (exact) mass is 289 g/mol. The van der Waals surface area contributed by atoms with E-state index in [1.54, 1.807) is 24.3 Å². The number of rotatable bonds is 5. The Hall–Kier alpha value is -0.680. The lowest BCUT2D eigenvalue weighted by atomic mass is 10.0. The van der Waals surface area contributed by atoms with Gasteiger partial charge in [0, 0.05) is 17.8 Å². The second-order valence-corrected chi connectivity index (χ2v) is 6.23. The maximum Gasteiger partial charge on any atom is 0.390 e. The number of hydrogen-bond donors (Lipinski definition) is 1. The molecule has 1 aromatic rings. The standard InChI is InChI=1S/C14H18F3NS/c15-14(16,17)9-13(11-5-2-1-3-6-11)18-10-12-7-4-8-19-12/h1-3,5-6,12-13,18H,4,7-10H2. The van der Waals surface area contributed by atoms with Crippen LogP contribution in [0.1, 0.15) is 30.9 Å². The first-order valence-electron chi connectivity index (χ1n) is 6.51. The minimum atomic E-state index is -4.14. The Bertz CT molecular complexity index is 374. The number of alkyl halides is 3. The van der Waals surface area contributed by atoms with Gasteiger partial charge in [-0.3, -0.25) is 0 Å². The van der Waals surface area contributed by atoms with Gasteiger partial charge in [0.05, 0.1) is 6.42 Å². The molecular weight excluding hydrogens is 271 g/mol. The number of nitrogens with one attached hydrogen (secondary N) is 1. The third-order valence-electron chi connectivity index (χ3n) is 3.25. The Balaban J connectivity index is 1.97. The summed E-state index contributed by atoms with van der Waals surface area (Å²) >= 11 is 1.85. The first-order chi connectivity index (χ1) is 9.04. The maximum atomic E-state index is 12.6. The summed E-state index contributed by atoms with van der Waals surface area (Å²) in [7, 11) is 0. The van der Waals surface area contributed by atoms with E-state index in [0.717, 1.165) is 12.2 Å². The van der Waals surface area contributed by atoms with Crippen LogP contribution in [0.4, 0.5) is 13.2 Å². The maximum absolute atomic E-state index is 12.6. The third-order valence-corrected chi connectivity index (χ3v) is 4.65. The normalized spacial score (nSPS) is 21.5. The second kappa shape index (κ2) is 6.66. The van der Waals surface area contributed by atoms with Gasteiger partial charge in [-0.05, 0) is 24.2 Å². The lowest BCUT2D eigenvalue weighted by Gasteiger charge is -2.22. The molecule has 2 unspecified atom stereocenters. The summed E-state index contributed by atoms with van der Waals surface area (Å²) in [5.74, 6) is 1.13. The predicted molar refractivity (Wildman–Crippen MR) is 73.3 cm³/mol. The van der Waals surface area contributed by atoms with Crippen LogP contribution in [0, 0.1) is 0 Å². The highest BCUT2D eigenvalue weighted by Gasteiger charge is 2.32. The molecule has 1 saturated heterocycles. The van der Waals surface area contributed by atoms with E-state index in [9.17, 15) is 13.2 Å². The van der Waals surface area contributed by atoms with Crippen molar-refractivity contribution in [2.24, 2.45) is 0 Å². The lowest BCUT2D eigenvalue weighted by Crippen LogP contribution is -2.31. The highest BCUT2D eigenvalue weighted by molar-refractivity contribution is 8.00. The zero-order chi connectivity index (χ0) is 13.7. The average Bonchev–Trinajstić information content (AvgIpc) is 2.87. The van der Waals surface area contributed by atoms with E-state index in [4.69, 9.17) is 0 Å². The van der Waals surface area contributed by atoms with E-state index in [-0.39, 0.29) is 0 Å². The van der Waals surface area contributed by atoms with E-state index < -0.39 is 18.6 Å². The van der Waals surface area contributed by atoms with Crippen LogP contribution < -0.4 is 5.32 Å². The molecule has 2 rings (SSSR count). The molecular formula is C14H18F3NS. The zero-order valence-electron chi connectivity index (χ0n) is 10.6. The van der Waals surface area contributed by atoms with Crippen molar-refractivity contribution in [3.05, 3.63) is 35.9 Å². The molecule has 1 aliphatic rings. The molecule has 1 nitrogen and oxygen atoms in total. The molecule has 2 atom stereocenters. The Morgan fingerprint density at radius 1 is 1.26 bits per heavy atom. The first kappa shape index (κ1) is 14.7. The molecule has 1 aromatic carbocycles. The van der Waals surface area contributed by atoms with Gasteiger partial charge in [-0.1, -0.05) is 30.3 Å². The summed E-state index contributed by atoms with van der Waals surface area (Å²) in [5, 5.41) is 3.55. The molecule has 0 aromatic heterocycles. The smallest absolute Gasteiger partial charge is 0.309 e. The Kier molecular flexibility index (Phi) is 5.16. The van der Waals surface area contributed by atoms with Crippen molar-refractivity contribution in [2.75, 3.05) is 12.3 Å². The summed E-state index contributed by atoms with van der Waals surface area (Å²) in [4.78, 5) is 0. The molecule has 1 heterocycles. The Labute approximate surface area is 116 Å². The van der Waals surface area contributed by atoms with E-state index in [2.05, 4.69) is 5.32 Å². The molecule has 5 heteroatoms. The Morgan fingerprint density at radius 3 is 2.58 bits per heavy atom. The summed E-state index contributed by atoms with van der Waals surface area (Å²) in [6.45, 7) is 0.653. The van der Waals surface area contributed by atoms with Gasteiger partial charge >= 0.3 is 6.18 Å². The van der Waals surface area contributed by atoms with Crippen LogP contribution in [-0.2, 0) is 0 Å². The van der Waals surface area contributed by atoms with E-state index in [1.807, 2.05) is 17.8 Å². The van der Waals surface area contributed by atoms with Gasteiger partial charge in [-0.15, -0.1) is 0 Å². The van der Waals surface area contributed by atoms with Crippen LogP contribution in [0.15, 0.2) is 30.3 Å². The fourth-order valence-corrected chi connectivity index (χ4v) is 3.52. The molecule has 1 aliphatic heterocycles. The predicted octanol–water partition coefficient (Wildman–Crippen LogP) is 4.17. The molecule has 0 bridgehead atoms. The van der Waals surface area contributed by atoms with Crippen molar-refractivity contribution in [3.8, 4) is 0 Å². The summed E-state index contributed by atoms with van der Waals surface area (Å²) in [5.41, 5.74) is 0.711. The highest BCUT2D eigenvalue weighted by Crippen LogP contribution is 2.31. The van der Waals surface area contributed by atoms with Crippen molar-refractivity contribution >= 4 is 11.8 Å². The van der Waals surface area contributed by atoms with Gasteiger partial charge in [0.2, 0.25) is 0 Å². The fraction of sp³-hybridized carbons (Fsp3) is 0.571. The van der Waals surface area contributed by atoms with Crippen LogP contribution in [0.2, 0.25) is 0 Å². The summed E-state index contributed by atoms with van der Waals surface area (Å²) in [6, 6.07) is 8.26. The highest BCUT2D eigenvalue weighted by atomic mass is 32.2. The van der Waals surface area contributed by atoms with Gasteiger partial charge in [0.15, 0.2) is 0 Å². The molecule has 0 amide bonds. The van der Waals surface area contributed by atoms with Crippen LogP contribution in [0.3, 0.4) is 0 Å². The van der Waals surface area contributed by atoms with Gasteiger partial charge in [-0.25, -0.2) is 0 Å². The number of thioether (sulfide) groups is 1. The third kappa shape index (κ3) is 5.07. The van der Waals surface area contributed by atoms with Crippen LogP contribution in [0.5, 0.6) is 0 Å². The van der Waals surface area contributed by atoms with Gasteiger partial charge in [-0.2, -0.15) is 24.9 Å². The van der Waals surface area contributed by atoms with Crippen LogP contribution in [0.25, 0.3) is 0 Å². The van der Waals surface area contributed by atoms with Crippen molar-refractivity contribution in [1.82, 2.24) is 5.32 Å². The fourth-order valence-electron chi connectivity index (χ4n) is 2.30. The van der Waals surface area contributed by atoms with E-state index in [0.29, 0.717) is 17.4 Å². The molecule has 0 aliphatic carbocycles. The minimum Gasteiger partial charge on any atom is -0.309 e. The Morgan fingerprint density at radius 2 is 2.00 bits per heavy atom. The molecule has 19 heavy (non-hydrogen) atoms. The van der Waals surface area contributed by atoms with Crippen LogP contribution >= 0.6 is 11.8 Å². The molecule has 106 valence electrons. The molecule has 0 saturated carbocycles. The molecule has 1 N–H and O–H groups in total. The zero-order valence-corrected chi connectivity index (χ0v) is 11.4. The lowest BCUT2D eigenvalue weighted by molar-refractivity contribution is -0.140. The summed E-state index contributed by atoms with van der Waals surface area (Å²) < 4.78 is 37.9. The van der Waals surface area contributed by atoms with Crippen molar-refractivity contribution < 1.29 is 13.2 Å². The number of halogens is 3. The largest absolute Gasteiger partial charge is 0.390 e. The van der Waals surface area contributed by atoms with Gasteiger partial charge in [0.25, 0.3) is 0 Å².